The molecule has 0 aromatic heterocycles. The second-order valence-corrected chi connectivity index (χ2v) is 9.52. The summed E-state index contributed by atoms with van der Waals surface area (Å²) in [6, 6.07) is 1.18. The van der Waals surface area contributed by atoms with Crippen molar-refractivity contribution in [1.82, 2.24) is 0 Å². The van der Waals surface area contributed by atoms with Crippen molar-refractivity contribution in [1.29, 1.82) is 0 Å². The first kappa shape index (κ1) is 28.7. The Morgan fingerprint density at radius 1 is 1.03 bits per heavy atom. The highest BCUT2D eigenvalue weighted by Crippen LogP contribution is 2.46. The number of aliphatic hydroxyl groups excluding tert-OH is 2. The topological polar surface area (TPSA) is 141 Å². The maximum Gasteiger partial charge on any atom is 0.183 e. The molecule has 4 N–H and O–H groups in total. The van der Waals surface area contributed by atoms with Gasteiger partial charge in [-0.1, -0.05) is 25.5 Å². The molecule has 1 atom stereocenters. The van der Waals surface area contributed by atoms with Crippen LogP contribution in [-0.4, -0.2) is 44.9 Å². The predicted molar refractivity (Wildman–Crippen MR) is 136 cm³/mol. The molecule has 36 heavy (non-hydrogen) atoms. The number of phenols is 2. The maximum absolute atomic E-state index is 13.4. The number of ketones is 3. The van der Waals surface area contributed by atoms with Crippen LogP contribution in [0.25, 0.3) is 0 Å². The molecule has 0 heterocycles. The lowest BCUT2D eigenvalue weighted by molar-refractivity contribution is -0.127. The Bertz CT molecular complexity index is 1160. The van der Waals surface area contributed by atoms with E-state index in [0.29, 0.717) is 12.8 Å². The SMILES string of the molecule is CCCC(=O)C1=C(O)C(Cc2c(OC)cc(O)c(C(=O)CCC)c2O)=C(O)[C@@](C)(CC=C(C)C)C1=O. The highest BCUT2D eigenvalue weighted by molar-refractivity contribution is 6.24. The van der Waals surface area contributed by atoms with Crippen LogP contribution in [0.3, 0.4) is 0 Å². The maximum atomic E-state index is 13.4. The number of aliphatic hydroxyl groups is 2. The summed E-state index contributed by atoms with van der Waals surface area (Å²) in [4.78, 5) is 38.9. The highest BCUT2D eigenvalue weighted by atomic mass is 16.5. The number of aromatic hydroxyl groups is 2. The first-order chi connectivity index (χ1) is 16.8. The third-order valence-corrected chi connectivity index (χ3v) is 6.41. The molecule has 0 bridgehead atoms. The summed E-state index contributed by atoms with van der Waals surface area (Å²) in [6.07, 6.45) is 2.53. The summed E-state index contributed by atoms with van der Waals surface area (Å²) >= 11 is 0. The van der Waals surface area contributed by atoms with Gasteiger partial charge in [0.15, 0.2) is 17.3 Å². The number of hydrogen-bond donors (Lipinski definition) is 4. The van der Waals surface area contributed by atoms with E-state index in [1.54, 1.807) is 19.9 Å². The van der Waals surface area contributed by atoms with Crippen LogP contribution < -0.4 is 4.74 Å². The van der Waals surface area contributed by atoms with Gasteiger partial charge >= 0.3 is 0 Å². The number of phenolic OH excluding ortho intramolecular Hbond substituents is 2. The molecule has 2 rings (SSSR count). The van der Waals surface area contributed by atoms with E-state index in [-0.39, 0.29) is 48.1 Å². The van der Waals surface area contributed by atoms with Gasteiger partial charge in [0.1, 0.15) is 39.9 Å². The van der Waals surface area contributed by atoms with Crippen LogP contribution in [0.5, 0.6) is 17.2 Å². The minimum absolute atomic E-state index is 0.00971. The highest BCUT2D eigenvalue weighted by Gasteiger charge is 2.47. The Morgan fingerprint density at radius 3 is 2.14 bits per heavy atom. The van der Waals surface area contributed by atoms with Crippen molar-refractivity contribution in [2.24, 2.45) is 5.41 Å². The van der Waals surface area contributed by atoms with Gasteiger partial charge in [-0.3, -0.25) is 14.4 Å². The molecule has 1 aromatic rings. The summed E-state index contributed by atoms with van der Waals surface area (Å²) in [7, 11) is 1.30. The van der Waals surface area contributed by atoms with Crippen LogP contribution in [0, 0.1) is 5.41 Å². The van der Waals surface area contributed by atoms with E-state index in [4.69, 9.17) is 4.74 Å². The normalized spacial score (nSPS) is 17.9. The molecule has 0 fully saturated rings. The quantitative estimate of drug-likeness (QED) is 0.175. The number of Topliss-reactive ketones (excluding diaryl/α,β-unsaturated/α-hetero) is 3. The first-order valence-electron chi connectivity index (χ1n) is 12.1. The lowest BCUT2D eigenvalue weighted by atomic mass is 9.69. The van der Waals surface area contributed by atoms with Crippen molar-refractivity contribution in [3.8, 4) is 17.2 Å². The third kappa shape index (κ3) is 5.32. The molecule has 0 spiro atoms. The number of hydrogen-bond acceptors (Lipinski definition) is 8. The molecular weight excluding hydrogens is 464 g/mol. The summed E-state index contributed by atoms with van der Waals surface area (Å²) in [6.45, 7) is 8.72. The van der Waals surface area contributed by atoms with Gasteiger partial charge in [-0.05, 0) is 40.0 Å². The number of allylic oxidation sites excluding steroid dienone is 5. The minimum Gasteiger partial charge on any atom is -0.511 e. The number of methoxy groups -OCH3 is 1. The third-order valence-electron chi connectivity index (χ3n) is 6.41. The van der Waals surface area contributed by atoms with Gasteiger partial charge in [-0.15, -0.1) is 0 Å². The fraction of sp³-hybridized carbons (Fsp3) is 0.464. The fourth-order valence-electron chi connectivity index (χ4n) is 4.29. The molecule has 0 radical (unpaired) electrons. The van der Waals surface area contributed by atoms with Crippen LogP contribution in [-0.2, 0) is 16.0 Å². The van der Waals surface area contributed by atoms with E-state index in [2.05, 4.69) is 0 Å². The number of ether oxygens (including phenoxy) is 1. The smallest absolute Gasteiger partial charge is 0.183 e. The molecule has 0 unspecified atom stereocenters. The molecule has 1 aliphatic rings. The zero-order chi connectivity index (χ0) is 27.4. The van der Waals surface area contributed by atoms with Crippen LogP contribution in [0.1, 0.15) is 82.6 Å². The number of carbonyl (C=O) groups excluding carboxylic acids is 3. The van der Waals surface area contributed by atoms with Crippen molar-refractivity contribution in [3.63, 3.8) is 0 Å². The van der Waals surface area contributed by atoms with Crippen molar-refractivity contribution in [3.05, 3.63) is 51.5 Å². The van der Waals surface area contributed by atoms with E-state index in [0.717, 1.165) is 5.57 Å². The Balaban J connectivity index is 2.83. The average Bonchev–Trinajstić information content (AvgIpc) is 2.80. The molecule has 0 aliphatic heterocycles. The monoisotopic (exact) mass is 500 g/mol. The average molecular weight is 501 g/mol. The number of rotatable bonds is 11. The Kier molecular flexibility index (Phi) is 9.13. The van der Waals surface area contributed by atoms with Crippen LogP contribution in [0.2, 0.25) is 0 Å². The molecular formula is C28H36O8. The zero-order valence-corrected chi connectivity index (χ0v) is 21.8. The lowest BCUT2D eigenvalue weighted by Crippen LogP contribution is -2.39. The first-order valence-corrected chi connectivity index (χ1v) is 12.1. The van der Waals surface area contributed by atoms with Gasteiger partial charge in [0.2, 0.25) is 0 Å². The number of carbonyl (C=O) groups is 3. The van der Waals surface area contributed by atoms with Gasteiger partial charge in [-0.2, -0.15) is 0 Å². The molecule has 1 aromatic carbocycles. The molecule has 0 saturated heterocycles. The minimum atomic E-state index is -1.53. The zero-order valence-electron chi connectivity index (χ0n) is 21.8. The fourth-order valence-corrected chi connectivity index (χ4v) is 4.29. The molecule has 0 saturated carbocycles. The van der Waals surface area contributed by atoms with E-state index in [9.17, 15) is 34.8 Å². The number of benzene rings is 1. The van der Waals surface area contributed by atoms with Crippen LogP contribution in [0.4, 0.5) is 0 Å². The second kappa shape index (κ2) is 11.5. The Morgan fingerprint density at radius 2 is 1.61 bits per heavy atom. The Hall–Kier alpha value is -3.55. The Labute approximate surface area is 211 Å². The largest absolute Gasteiger partial charge is 0.511 e. The van der Waals surface area contributed by atoms with Gasteiger partial charge < -0.3 is 25.2 Å². The van der Waals surface area contributed by atoms with Gasteiger partial charge in [0, 0.05) is 36.5 Å². The molecule has 8 nitrogen and oxygen atoms in total. The molecule has 0 amide bonds. The van der Waals surface area contributed by atoms with Crippen molar-refractivity contribution >= 4 is 17.3 Å². The van der Waals surface area contributed by atoms with E-state index >= 15 is 0 Å². The predicted octanol–water partition coefficient (Wildman–Crippen LogP) is 5.57. The van der Waals surface area contributed by atoms with Gasteiger partial charge in [-0.25, -0.2) is 0 Å². The second-order valence-electron chi connectivity index (χ2n) is 9.52. The van der Waals surface area contributed by atoms with Crippen LogP contribution >= 0.6 is 0 Å². The van der Waals surface area contributed by atoms with Gasteiger partial charge in [0.25, 0.3) is 0 Å². The van der Waals surface area contributed by atoms with E-state index in [1.807, 2.05) is 13.8 Å². The summed E-state index contributed by atoms with van der Waals surface area (Å²) in [5.74, 6) is -3.82. The lowest BCUT2D eigenvalue weighted by Gasteiger charge is -2.34. The summed E-state index contributed by atoms with van der Waals surface area (Å²) in [5, 5.41) is 43.7. The van der Waals surface area contributed by atoms with Gasteiger partial charge in [0.05, 0.1) is 12.5 Å². The standard InChI is InChI=1S/C28H36O8/c1-7-9-18(29)22-20(31)14-21(36-6)16(24(22)32)13-17-25(33)23(19(30)10-8-2)27(35)28(5,26(17)34)12-11-15(3)4/h11,14,31-34H,7-10,12-13H2,1-6H3/t28-/m1/s1. The summed E-state index contributed by atoms with van der Waals surface area (Å²) in [5.41, 5.74) is -1.43. The van der Waals surface area contributed by atoms with Crippen molar-refractivity contribution in [2.45, 2.75) is 73.1 Å². The van der Waals surface area contributed by atoms with E-state index < -0.39 is 51.4 Å². The summed E-state index contributed by atoms with van der Waals surface area (Å²) < 4.78 is 5.30. The molecule has 1 aliphatic carbocycles. The van der Waals surface area contributed by atoms with Crippen LogP contribution in [0.15, 0.2) is 40.4 Å². The van der Waals surface area contributed by atoms with Crippen molar-refractivity contribution in [2.75, 3.05) is 7.11 Å². The van der Waals surface area contributed by atoms with E-state index in [1.165, 1.54) is 20.1 Å². The molecule has 8 heteroatoms. The molecule has 196 valence electrons. The van der Waals surface area contributed by atoms with Crippen molar-refractivity contribution < 1.29 is 39.5 Å².